The van der Waals surface area contributed by atoms with E-state index in [9.17, 15) is 15.0 Å². The predicted molar refractivity (Wildman–Crippen MR) is 46.9 cm³/mol. The molecule has 0 spiro atoms. The van der Waals surface area contributed by atoms with E-state index in [1.807, 2.05) is 0 Å². The molecule has 1 aliphatic rings. The normalized spacial score (nSPS) is 32.0. The standard InChI is InChI=1S/C9H11NO4/c11-3-5-1-2-10-7(5)9-8(13)6(12)4-14-9/h1-3,6,8-10,12-13H,4H2/t6-,8+,9?/m1/s1. The van der Waals surface area contributed by atoms with Crippen LogP contribution in [0.25, 0.3) is 0 Å². The highest BCUT2D eigenvalue weighted by molar-refractivity contribution is 5.76. The number of ether oxygens (including phenoxy) is 1. The van der Waals surface area contributed by atoms with Gasteiger partial charge in [0.25, 0.3) is 0 Å². The van der Waals surface area contributed by atoms with Crippen molar-refractivity contribution in [3.05, 3.63) is 23.5 Å². The van der Waals surface area contributed by atoms with Crippen molar-refractivity contribution in [2.75, 3.05) is 6.61 Å². The van der Waals surface area contributed by atoms with E-state index in [1.54, 1.807) is 12.3 Å². The zero-order valence-corrected chi connectivity index (χ0v) is 7.38. The third-order valence-electron chi connectivity index (χ3n) is 2.38. The Bertz CT molecular complexity index is 335. The van der Waals surface area contributed by atoms with Gasteiger partial charge in [-0.05, 0) is 6.07 Å². The van der Waals surface area contributed by atoms with Crippen molar-refractivity contribution in [2.24, 2.45) is 0 Å². The van der Waals surface area contributed by atoms with Gasteiger partial charge in [-0.3, -0.25) is 4.79 Å². The number of aliphatic hydroxyl groups is 2. The predicted octanol–water partition coefficient (Wildman–Crippen LogP) is -0.380. The summed E-state index contributed by atoms with van der Waals surface area (Å²) in [5, 5.41) is 18.8. The molecule has 0 amide bonds. The van der Waals surface area contributed by atoms with E-state index in [0.29, 0.717) is 17.5 Å². The molecule has 1 fully saturated rings. The fourth-order valence-corrected chi connectivity index (χ4v) is 1.60. The van der Waals surface area contributed by atoms with Gasteiger partial charge in [0.15, 0.2) is 6.29 Å². The second-order valence-corrected chi connectivity index (χ2v) is 3.28. The summed E-state index contributed by atoms with van der Waals surface area (Å²) in [5.74, 6) is 0. The number of carbonyl (C=O) groups excluding carboxylic acids is 1. The molecule has 0 aromatic carbocycles. The van der Waals surface area contributed by atoms with Crippen molar-refractivity contribution in [1.82, 2.24) is 4.98 Å². The molecule has 14 heavy (non-hydrogen) atoms. The topological polar surface area (TPSA) is 82.6 Å². The highest BCUT2D eigenvalue weighted by Crippen LogP contribution is 2.29. The average Bonchev–Trinajstić information content (AvgIpc) is 2.75. The molecule has 76 valence electrons. The fraction of sp³-hybridized carbons (Fsp3) is 0.444. The molecular formula is C9H11NO4. The Morgan fingerprint density at radius 3 is 2.93 bits per heavy atom. The maximum atomic E-state index is 10.6. The van der Waals surface area contributed by atoms with E-state index in [4.69, 9.17) is 4.74 Å². The molecule has 1 saturated heterocycles. The summed E-state index contributed by atoms with van der Waals surface area (Å²) >= 11 is 0. The highest BCUT2D eigenvalue weighted by Gasteiger charge is 2.37. The van der Waals surface area contributed by atoms with Gasteiger partial charge < -0.3 is 19.9 Å². The minimum atomic E-state index is -0.979. The molecule has 5 nitrogen and oxygen atoms in total. The Morgan fingerprint density at radius 2 is 2.36 bits per heavy atom. The van der Waals surface area contributed by atoms with Gasteiger partial charge in [-0.1, -0.05) is 0 Å². The summed E-state index contributed by atoms with van der Waals surface area (Å²) in [5.41, 5.74) is 0.965. The first kappa shape index (κ1) is 9.39. The Hall–Kier alpha value is -1.17. The molecule has 0 radical (unpaired) electrons. The molecule has 3 N–H and O–H groups in total. The van der Waals surface area contributed by atoms with Crippen LogP contribution in [0.1, 0.15) is 22.2 Å². The maximum absolute atomic E-state index is 10.6. The summed E-state index contributed by atoms with van der Waals surface area (Å²) in [6, 6.07) is 1.60. The van der Waals surface area contributed by atoms with Crippen molar-refractivity contribution >= 4 is 6.29 Å². The maximum Gasteiger partial charge on any atom is 0.151 e. The van der Waals surface area contributed by atoms with E-state index in [2.05, 4.69) is 4.98 Å². The van der Waals surface area contributed by atoms with Crippen molar-refractivity contribution in [2.45, 2.75) is 18.3 Å². The average molecular weight is 197 g/mol. The molecule has 5 heteroatoms. The van der Waals surface area contributed by atoms with Crippen LogP contribution in [0.5, 0.6) is 0 Å². The van der Waals surface area contributed by atoms with Gasteiger partial charge in [-0.15, -0.1) is 0 Å². The SMILES string of the molecule is O=Cc1cc[nH]c1C1OC[C@@H](O)[C@@H]1O. The highest BCUT2D eigenvalue weighted by atomic mass is 16.5. The Morgan fingerprint density at radius 1 is 1.57 bits per heavy atom. The molecule has 3 atom stereocenters. The fourth-order valence-electron chi connectivity index (χ4n) is 1.60. The third kappa shape index (κ3) is 1.35. The number of rotatable bonds is 2. The molecular weight excluding hydrogens is 186 g/mol. The van der Waals surface area contributed by atoms with Gasteiger partial charge in [0.1, 0.15) is 18.3 Å². The minimum absolute atomic E-state index is 0.0865. The number of aromatic nitrogens is 1. The lowest BCUT2D eigenvalue weighted by atomic mass is 10.1. The van der Waals surface area contributed by atoms with E-state index in [-0.39, 0.29) is 6.61 Å². The Balaban J connectivity index is 2.27. The number of H-pyrrole nitrogens is 1. The lowest BCUT2D eigenvalue weighted by molar-refractivity contribution is 0.0205. The van der Waals surface area contributed by atoms with Crippen LogP contribution in [-0.2, 0) is 4.74 Å². The summed E-state index contributed by atoms with van der Waals surface area (Å²) < 4.78 is 5.17. The second-order valence-electron chi connectivity index (χ2n) is 3.28. The smallest absolute Gasteiger partial charge is 0.151 e. The van der Waals surface area contributed by atoms with Crippen LogP contribution in [0.15, 0.2) is 12.3 Å². The van der Waals surface area contributed by atoms with Crippen molar-refractivity contribution in [3.63, 3.8) is 0 Å². The third-order valence-corrected chi connectivity index (χ3v) is 2.38. The summed E-state index contributed by atoms with van der Waals surface area (Å²) in [4.78, 5) is 13.4. The molecule has 1 aromatic heterocycles. The second kappa shape index (κ2) is 3.53. The largest absolute Gasteiger partial charge is 0.388 e. The lowest BCUT2D eigenvalue weighted by Crippen LogP contribution is -2.25. The van der Waals surface area contributed by atoms with Crippen LogP contribution < -0.4 is 0 Å². The van der Waals surface area contributed by atoms with Gasteiger partial charge in [0, 0.05) is 11.8 Å². The number of hydrogen-bond acceptors (Lipinski definition) is 4. The van der Waals surface area contributed by atoms with Crippen molar-refractivity contribution < 1.29 is 19.7 Å². The number of nitrogens with one attached hydrogen (secondary N) is 1. The summed E-state index contributed by atoms with van der Waals surface area (Å²) in [7, 11) is 0. The molecule has 2 heterocycles. The molecule has 1 aromatic rings. The zero-order valence-electron chi connectivity index (χ0n) is 7.38. The molecule has 1 aliphatic heterocycles. The van der Waals surface area contributed by atoms with Crippen molar-refractivity contribution in [3.8, 4) is 0 Å². The van der Waals surface area contributed by atoms with Crippen LogP contribution in [0.3, 0.4) is 0 Å². The summed E-state index contributed by atoms with van der Waals surface area (Å²) in [6.07, 6.45) is -0.220. The van der Waals surface area contributed by atoms with E-state index >= 15 is 0 Å². The monoisotopic (exact) mass is 197 g/mol. The Labute approximate surface area is 80.3 Å². The zero-order chi connectivity index (χ0) is 10.1. The molecule has 1 unspecified atom stereocenters. The lowest BCUT2D eigenvalue weighted by Gasteiger charge is -2.13. The Kier molecular flexibility index (Phi) is 2.37. The first-order valence-electron chi connectivity index (χ1n) is 4.34. The quantitative estimate of drug-likeness (QED) is 0.564. The number of aliphatic hydroxyl groups excluding tert-OH is 2. The van der Waals surface area contributed by atoms with Gasteiger partial charge in [-0.2, -0.15) is 0 Å². The number of carbonyl (C=O) groups is 1. The van der Waals surface area contributed by atoms with Gasteiger partial charge >= 0.3 is 0 Å². The van der Waals surface area contributed by atoms with Gasteiger partial charge in [-0.25, -0.2) is 0 Å². The summed E-state index contributed by atoms with van der Waals surface area (Å²) in [6.45, 7) is 0.0865. The van der Waals surface area contributed by atoms with Gasteiger partial charge in [0.05, 0.1) is 12.3 Å². The first-order valence-corrected chi connectivity index (χ1v) is 4.34. The first-order chi connectivity index (χ1) is 6.74. The molecule has 0 saturated carbocycles. The van der Waals surface area contributed by atoms with Crippen molar-refractivity contribution in [1.29, 1.82) is 0 Å². The van der Waals surface area contributed by atoms with Crippen LogP contribution in [0.4, 0.5) is 0 Å². The van der Waals surface area contributed by atoms with Crippen LogP contribution in [-0.4, -0.2) is 40.3 Å². The molecule has 0 bridgehead atoms. The van der Waals surface area contributed by atoms with E-state index in [0.717, 1.165) is 0 Å². The molecule has 0 aliphatic carbocycles. The number of aldehydes is 1. The van der Waals surface area contributed by atoms with E-state index in [1.165, 1.54) is 0 Å². The van der Waals surface area contributed by atoms with E-state index < -0.39 is 18.3 Å². The number of hydrogen-bond donors (Lipinski definition) is 3. The van der Waals surface area contributed by atoms with Gasteiger partial charge in [0.2, 0.25) is 0 Å². The van der Waals surface area contributed by atoms with Crippen LogP contribution >= 0.6 is 0 Å². The van der Waals surface area contributed by atoms with Crippen LogP contribution in [0.2, 0.25) is 0 Å². The molecule has 2 rings (SSSR count). The van der Waals surface area contributed by atoms with Crippen LogP contribution in [0, 0.1) is 0 Å². The number of aromatic amines is 1. The minimum Gasteiger partial charge on any atom is -0.388 e.